The quantitative estimate of drug-likeness (QED) is 0.771. The largest absolute Gasteiger partial charge is 0.353 e. The molecule has 3 heteroatoms. The van der Waals surface area contributed by atoms with E-state index < -0.39 is 0 Å². The Morgan fingerprint density at radius 3 is 2.75 bits per heavy atom. The predicted molar refractivity (Wildman–Crippen MR) is 62.3 cm³/mol. The first-order chi connectivity index (χ1) is 7.77. The van der Waals surface area contributed by atoms with Gasteiger partial charge in [0.05, 0.1) is 0 Å². The summed E-state index contributed by atoms with van der Waals surface area (Å²) in [5.74, 6) is -0.112. The van der Waals surface area contributed by atoms with Gasteiger partial charge in [-0.2, -0.15) is 0 Å². The first-order valence-electron chi connectivity index (χ1n) is 5.28. The average molecular weight is 212 g/mol. The van der Waals surface area contributed by atoms with Gasteiger partial charge in [-0.05, 0) is 23.8 Å². The van der Waals surface area contributed by atoms with Crippen molar-refractivity contribution in [2.24, 2.45) is 7.05 Å². The number of rotatable bonds is 1. The third kappa shape index (κ3) is 1.18. The van der Waals surface area contributed by atoms with Crippen LogP contribution in [0.2, 0.25) is 0 Å². The van der Waals surface area contributed by atoms with Crippen LogP contribution in [0.15, 0.2) is 42.6 Å². The minimum Gasteiger partial charge on any atom is -0.353 e. The lowest BCUT2D eigenvalue weighted by Gasteiger charge is -2.10. The third-order valence-corrected chi connectivity index (χ3v) is 3.07. The van der Waals surface area contributed by atoms with E-state index in [1.807, 2.05) is 54.2 Å². The van der Waals surface area contributed by atoms with Gasteiger partial charge in [-0.3, -0.25) is 4.79 Å². The molecule has 16 heavy (non-hydrogen) atoms. The Morgan fingerprint density at radius 2 is 2.00 bits per heavy atom. The fourth-order valence-electron chi connectivity index (χ4n) is 2.28. The molecule has 0 fully saturated rings. The zero-order valence-electron chi connectivity index (χ0n) is 8.97. The highest BCUT2D eigenvalue weighted by Crippen LogP contribution is 2.36. The lowest BCUT2D eigenvalue weighted by molar-refractivity contribution is -0.116. The molecule has 1 aromatic heterocycles. The Labute approximate surface area is 93.7 Å². The third-order valence-electron chi connectivity index (χ3n) is 3.07. The Kier molecular flexibility index (Phi) is 1.86. The summed E-state index contributed by atoms with van der Waals surface area (Å²) >= 11 is 0. The van der Waals surface area contributed by atoms with E-state index in [4.69, 9.17) is 0 Å². The minimum absolute atomic E-state index is 0.0583. The number of para-hydroxylation sites is 1. The Balaban J connectivity index is 2.16. The molecule has 3 nitrogen and oxygen atoms in total. The van der Waals surface area contributed by atoms with Gasteiger partial charge < -0.3 is 9.88 Å². The number of benzene rings is 1. The van der Waals surface area contributed by atoms with Crippen molar-refractivity contribution < 1.29 is 4.79 Å². The molecular formula is C13H12N2O. The Morgan fingerprint density at radius 1 is 1.19 bits per heavy atom. The van der Waals surface area contributed by atoms with Crippen molar-refractivity contribution >= 4 is 11.6 Å². The zero-order valence-corrected chi connectivity index (χ0v) is 8.97. The molecule has 1 N–H and O–H groups in total. The highest BCUT2D eigenvalue weighted by Gasteiger charge is 2.32. The van der Waals surface area contributed by atoms with Gasteiger partial charge in [0, 0.05) is 24.6 Å². The highest BCUT2D eigenvalue weighted by molar-refractivity contribution is 6.04. The molecule has 0 saturated heterocycles. The number of nitrogens with zero attached hydrogens (tertiary/aromatic N) is 1. The number of anilines is 1. The average Bonchev–Trinajstić information content (AvgIpc) is 2.81. The molecule has 1 atom stereocenters. The number of aromatic nitrogens is 1. The van der Waals surface area contributed by atoms with Crippen LogP contribution in [-0.4, -0.2) is 10.5 Å². The summed E-state index contributed by atoms with van der Waals surface area (Å²) in [5.41, 5.74) is 3.02. The van der Waals surface area contributed by atoms with E-state index in [1.54, 1.807) is 0 Å². The molecule has 1 aromatic carbocycles. The monoisotopic (exact) mass is 212 g/mol. The molecule has 1 unspecified atom stereocenters. The van der Waals surface area contributed by atoms with E-state index in [9.17, 15) is 4.79 Å². The molecular weight excluding hydrogens is 200 g/mol. The van der Waals surface area contributed by atoms with Gasteiger partial charge in [0.1, 0.15) is 5.92 Å². The van der Waals surface area contributed by atoms with Crippen molar-refractivity contribution in [2.75, 3.05) is 5.32 Å². The second-order valence-electron chi connectivity index (χ2n) is 4.05. The lowest BCUT2D eigenvalue weighted by Crippen LogP contribution is -2.15. The molecule has 0 spiro atoms. The van der Waals surface area contributed by atoms with Gasteiger partial charge >= 0.3 is 0 Å². The molecule has 1 aliphatic rings. The summed E-state index contributed by atoms with van der Waals surface area (Å²) in [7, 11) is 1.96. The van der Waals surface area contributed by atoms with Crippen LogP contribution in [0.25, 0.3) is 0 Å². The maximum atomic E-state index is 12.0. The predicted octanol–water partition coefficient (Wildman–Crippen LogP) is 2.11. The molecule has 0 saturated carbocycles. The standard InChI is InChI=1S/C13H12N2O/c1-15-8-4-7-11(15)12-9-5-2-3-6-10(9)14-13(12)16/h2-8,12H,1H3,(H,14,16). The molecule has 80 valence electrons. The zero-order chi connectivity index (χ0) is 11.1. The van der Waals surface area contributed by atoms with Crippen LogP contribution in [0.3, 0.4) is 0 Å². The van der Waals surface area contributed by atoms with E-state index in [0.717, 1.165) is 16.9 Å². The van der Waals surface area contributed by atoms with Crippen LogP contribution in [0.1, 0.15) is 17.2 Å². The van der Waals surface area contributed by atoms with Gasteiger partial charge in [0.15, 0.2) is 0 Å². The first kappa shape index (κ1) is 9.21. The van der Waals surface area contributed by atoms with E-state index in [1.165, 1.54) is 0 Å². The van der Waals surface area contributed by atoms with Gasteiger partial charge in [-0.1, -0.05) is 18.2 Å². The number of fused-ring (bicyclic) bond motifs is 1. The fourth-order valence-corrected chi connectivity index (χ4v) is 2.28. The number of nitrogens with one attached hydrogen (secondary N) is 1. The van der Waals surface area contributed by atoms with E-state index >= 15 is 0 Å². The van der Waals surface area contributed by atoms with Crippen molar-refractivity contribution in [3.63, 3.8) is 0 Å². The number of carbonyl (C=O) groups is 1. The summed E-state index contributed by atoms with van der Waals surface area (Å²) in [6, 6.07) is 11.8. The maximum Gasteiger partial charge on any atom is 0.238 e. The molecule has 2 aromatic rings. The van der Waals surface area contributed by atoms with Crippen LogP contribution in [0.4, 0.5) is 5.69 Å². The van der Waals surface area contributed by atoms with Crippen molar-refractivity contribution in [3.8, 4) is 0 Å². The maximum absolute atomic E-state index is 12.0. The topological polar surface area (TPSA) is 34.0 Å². The van der Waals surface area contributed by atoms with Gasteiger partial charge in [-0.15, -0.1) is 0 Å². The highest BCUT2D eigenvalue weighted by atomic mass is 16.2. The van der Waals surface area contributed by atoms with Crippen LogP contribution in [0.5, 0.6) is 0 Å². The van der Waals surface area contributed by atoms with Crippen LogP contribution < -0.4 is 5.32 Å². The van der Waals surface area contributed by atoms with Gasteiger partial charge in [0.2, 0.25) is 5.91 Å². The summed E-state index contributed by atoms with van der Waals surface area (Å²) < 4.78 is 1.99. The summed E-state index contributed by atoms with van der Waals surface area (Å²) in [6.07, 6.45) is 1.96. The number of amides is 1. The molecule has 3 rings (SSSR count). The Hall–Kier alpha value is -2.03. The van der Waals surface area contributed by atoms with Crippen LogP contribution in [0, 0.1) is 0 Å². The molecule has 1 aliphatic heterocycles. The molecule has 0 radical (unpaired) electrons. The number of hydrogen-bond donors (Lipinski definition) is 1. The molecule has 0 bridgehead atoms. The molecule has 1 amide bonds. The fraction of sp³-hybridized carbons (Fsp3) is 0.154. The van der Waals surface area contributed by atoms with Gasteiger partial charge in [0.25, 0.3) is 0 Å². The number of aryl methyl sites for hydroxylation is 1. The SMILES string of the molecule is Cn1cccc1C1C(=O)Nc2ccccc21. The lowest BCUT2D eigenvalue weighted by atomic mass is 9.97. The minimum atomic E-state index is -0.170. The molecule has 2 heterocycles. The van der Waals surface area contributed by atoms with E-state index in [2.05, 4.69) is 5.32 Å². The van der Waals surface area contributed by atoms with E-state index in [0.29, 0.717) is 0 Å². The summed E-state index contributed by atoms with van der Waals surface area (Å²) in [4.78, 5) is 12.0. The van der Waals surface area contributed by atoms with Gasteiger partial charge in [-0.25, -0.2) is 0 Å². The number of carbonyl (C=O) groups excluding carboxylic acids is 1. The normalized spacial score (nSPS) is 18.3. The summed E-state index contributed by atoms with van der Waals surface area (Å²) in [6.45, 7) is 0. The number of hydrogen-bond acceptors (Lipinski definition) is 1. The van der Waals surface area contributed by atoms with Crippen molar-refractivity contribution in [1.29, 1.82) is 0 Å². The van der Waals surface area contributed by atoms with Crippen LogP contribution in [-0.2, 0) is 11.8 Å². The van der Waals surface area contributed by atoms with E-state index in [-0.39, 0.29) is 11.8 Å². The second-order valence-corrected chi connectivity index (χ2v) is 4.05. The first-order valence-corrected chi connectivity index (χ1v) is 5.28. The van der Waals surface area contributed by atoms with Crippen molar-refractivity contribution in [3.05, 3.63) is 53.9 Å². The van der Waals surface area contributed by atoms with Crippen molar-refractivity contribution in [2.45, 2.75) is 5.92 Å². The van der Waals surface area contributed by atoms with Crippen LogP contribution >= 0.6 is 0 Å². The smallest absolute Gasteiger partial charge is 0.238 e. The van der Waals surface area contributed by atoms with Crippen molar-refractivity contribution in [1.82, 2.24) is 4.57 Å². The Bertz CT molecular complexity index is 557. The second kappa shape index (κ2) is 3.23. The molecule has 0 aliphatic carbocycles. The summed E-state index contributed by atoms with van der Waals surface area (Å²) in [5, 5.41) is 2.91.